The molecule has 19 N–H and O–H groups in total. The topological polar surface area (TPSA) is 524 Å². The molecule has 32 nitrogen and oxygen atoms in total. The first kappa shape index (κ1) is 75.6. The van der Waals surface area contributed by atoms with Gasteiger partial charge in [-0.1, -0.05) is 42.5 Å². The van der Waals surface area contributed by atoms with Gasteiger partial charge in [-0.3, -0.25) is 62.3 Å². The Labute approximate surface area is 527 Å². The molecule has 10 amide bonds. The molecule has 496 valence electrons. The van der Waals surface area contributed by atoms with Gasteiger partial charge in [-0.2, -0.15) is 25.3 Å². The van der Waals surface area contributed by atoms with Crippen molar-refractivity contribution < 1.29 is 97.8 Å². The van der Waals surface area contributed by atoms with Crippen LogP contribution in [0.3, 0.4) is 0 Å². The van der Waals surface area contributed by atoms with Gasteiger partial charge in [0.2, 0.25) is 59.1 Å². The number of hydrogen-bond acceptors (Lipinski definition) is 20. The van der Waals surface area contributed by atoms with Gasteiger partial charge in [-0.05, 0) is 88.1 Å². The summed E-state index contributed by atoms with van der Waals surface area (Å²) in [4.78, 5) is 186. The zero-order valence-corrected chi connectivity index (χ0v) is 51.0. The molecule has 90 heavy (non-hydrogen) atoms. The lowest BCUT2D eigenvalue weighted by Crippen LogP contribution is -2.61. The van der Waals surface area contributed by atoms with E-state index in [4.69, 9.17) is 11.5 Å². The first-order chi connectivity index (χ1) is 42.6. The second kappa shape index (κ2) is 38.7. The van der Waals surface area contributed by atoms with Crippen molar-refractivity contribution in [3.05, 3.63) is 65.7 Å². The smallest absolute Gasteiger partial charge is 0.326 e. The van der Waals surface area contributed by atoms with E-state index < -0.39 is 206 Å². The van der Waals surface area contributed by atoms with Crippen LogP contribution in [0.15, 0.2) is 54.6 Å². The van der Waals surface area contributed by atoms with Crippen molar-refractivity contribution in [3.63, 3.8) is 0 Å². The van der Waals surface area contributed by atoms with E-state index in [-0.39, 0.29) is 50.9 Å². The number of phenols is 1. The molecule has 34 heteroatoms. The summed E-state index contributed by atoms with van der Waals surface area (Å²) >= 11 is 8.40. The second-order valence-corrected chi connectivity index (χ2v) is 21.8. The highest BCUT2D eigenvalue weighted by Gasteiger charge is 2.40. The summed E-state index contributed by atoms with van der Waals surface area (Å²) in [6.45, 7) is 0.600. The number of nitrogens with one attached hydrogen (secondary N) is 9. The summed E-state index contributed by atoms with van der Waals surface area (Å²) in [6.07, 6.45) is -3.08. The Morgan fingerprint density at radius 2 is 0.900 bits per heavy atom. The van der Waals surface area contributed by atoms with Crippen molar-refractivity contribution in [3.8, 4) is 5.75 Å². The van der Waals surface area contributed by atoms with Gasteiger partial charge in [0.05, 0.1) is 6.61 Å². The lowest BCUT2D eigenvalue weighted by molar-refractivity contribution is -0.150. The molecule has 3 rings (SSSR count). The highest BCUT2D eigenvalue weighted by atomic mass is 32.1. The van der Waals surface area contributed by atoms with Gasteiger partial charge in [0.15, 0.2) is 0 Å². The highest BCUT2D eigenvalue weighted by Crippen LogP contribution is 2.20. The zero-order chi connectivity index (χ0) is 67.2. The van der Waals surface area contributed by atoms with Crippen LogP contribution in [0, 0.1) is 0 Å². The summed E-state index contributed by atoms with van der Waals surface area (Å²) in [5, 5.41) is 79.2. The molecule has 11 atom stereocenters. The minimum Gasteiger partial charge on any atom is -0.508 e. The molecule has 0 aromatic heterocycles. The molecule has 2 aromatic carbocycles. The fraction of sp³-hybridized carbons (Fsp3) is 0.536. The molecular weight excluding hydrogens is 1220 g/mol. The molecule has 1 fully saturated rings. The van der Waals surface area contributed by atoms with Gasteiger partial charge < -0.3 is 94.9 Å². The Hall–Kier alpha value is -8.60. The summed E-state index contributed by atoms with van der Waals surface area (Å²) in [6, 6.07) is -3.36. The van der Waals surface area contributed by atoms with Crippen molar-refractivity contribution in [2.45, 2.75) is 157 Å². The maximum atomic E-state index is 14.5. The third kappa shape index (κ3) is 25.9. The molecule has 1 saturated heterocycles. The standard InChI is InChI=1S/C56H80N12O20S2/c1-29(59-48(79)35(16-19-43(71)72)60-47(78)33(58)26-69)46(77)64-38(24-30-8-3-2-4-9-30)52(83)65-39(25-31-12-14-32(70)15-13-31)51(82)62-36(17-20-44(73)74)50(81)66-41(28-90)54(85)67-40(27-89)53(84)61-34(10-5-6-22-57)49(80)63-37(18-21-45(75)76)55(86)68-23-7-11-42(68)56(87)88/h2-4,8-9,12-15,29,33-42,69-70,89-90H,5-7,10-11,16-28,57-58H2,1H3,(H,59,79)(H,60,78)(H,61,84)(H,62,82)(H,63,80)(H,64,77)(H,65,83)(H,66,81)(H,67,85)(H,71,72)(H,73,74)(H,75,76)(H,87,88)/t29-,33-,34-,35-,36-,37-,38-,39-,40-,41-,42-/m0/s1. The number of rotatable bonds is 40. The number of aliphatic carboxylic acids is 4. The number of phenolic OH excluding ortho intramolecular Hbond substituents is 1. The second-order valence-electron chi connectivity index (χ2n) is 21.0. The van der Waals surface area contributed by atoms with Crippen molar-refractivity contribution in [1.29, 1.82) is 0 Å². The Balaban J connectivity index is 1.90. The number of likely N-dealkylation sites (tertiary alicyclic amines) is 1. The van der Waals surface area contributed by atoms with Crippen molar-refractivity contribution in [2.75, 3.05) is 31.2 Å². The van der Waals surface area contributed by atoms with Gasteiger partial charge in [0, 0.05) is 50.2 Å². The minimum absolute atomic E-state index is 0.0251. The van der Waals surface area contributed by atoms with E-state index in [1.54, 1.807) is 30.3 Å². The Morgan fingerprint density at radius 1 is 0.511 bits per heavy atom. The van der Waals surface area contributed by atoms with Crippen LogP contribution in [0.4, 0.5) is 0 Å². The van der Waals surface area contributed by atoms with Crippen molar-refractivity contribution in [1.82, 2.24) is 52.8 Å². The fourth-order valence-electron chi connectivity index (χ4n) is 9.04. The first-order valence-corrected chi connectivity index (χ1v) is 29.9. The van der Waals surface area contributed by atoms with Gasteiger partial charge in [0.1, 0.15) is 72.2 Å². The van der Waals surface area contributed by atoms with Crippen LogP contribution in [-0.2, 0) is 80.0 Å². The van der Waals surface area contributed by atoms with E-state index >= 15 is 0 Å². The number of carboxylic acids is 4. The molecule has 0 unspecified atom stereocenters. The van der Waals surface area contributed by atoms with Crippen molar-refractivity contribution in [2.24, 2.45) is 11.5 Å². The van der Waals surface area contributed by atoms with Gasteiger partial charge >= 0.3 is 23.9 Å². The number of amides is 10. The predicted molar refractivity (Wildman–Crippen MR) is 324 cm³/mol. The van der Waals surface area contributed by atoms with E-state index in [1.807, 2.05) is 0 Å². The van der Waals surface area contributed by atoms with Crippen LogP contribution in [0.1, 0.15) is 88.7 Å². The van der Waals surface area contributed by atoms with Gasteiger partial charge in [-0.15, -0.1) is 0 Å². The van der Waals surface area contributed by atoms with Gasteiger partial charge in [-0.25, -0.2) is 4.79 Å². The number of carboxylic acid groups (broad SMARTS) is 4. The predicted octanol–water partition coefficient (Wildman–Crippen LogP) is -4.46. The number of nitrogens with two attached hydrogens (primary N) is 2. The number of unbranched alkanes of at least 4 members (excludes halogenated alkanes) is 1. The molecule has 2 aromatic rings. The molecule has 0 spiro atoms. The number of hydrogen-bond donors (Lipinski definition) is 19. The lowest BCUT2D eigenvalue weighted by Gasteiger charge is -2.29. The maximum Gasteiger partial charge on any atom is 0.326 e. The first-order valence-electron chi connectivity index (χ1n) is 28.6. The van der Waals surface area contributed by atoms with E-state index in [1.165, 1.54) is 31.2 Å². The largest absolute Gasteiger partial charge is 0.508 e. The monoisotopic (exact) mass is 1300 g/mol. The third-order valence-electron chi connectivity index (χ3n) is 14.1. The maximum absolute atomic E-state index is 14.5. The van der Waals surface area contributed by atoms with Crippen LogP contribution in [0.25, 0.3) is 0 Å². The number of nitrogens with zero attached hydrogens (tertiary/aromatic N) is 1. The van der Waals surface area contributed by atoms with E-state index in [0.717, 1.165) is 4.90 Å². The number of benzene rings is 2. The number of carbonyl (C=O) groups excluding carboxylic acids is 10. The number of thiol groups is 2. The number of aliphatic hydroxyl groups excluding tert-OH is 1. The number of aliphatic hydroxyl groups is 1. The highest BCUT2D eigenvalue weighted by molar-refractivity contribution is 7.80. The van der Waals surface area contributed by atoms with E-state index in [9.17, 15) is 97.8 Å². The molecule has 0 aliphatic carbocycles. The molecule has 0 saturated carbocycles. The normalized spacial score (nSPS) is 16.0. The van der Waals surface area contributed by atoms with E-state index in [0.29, 0.717) is 24.0 Å². The number of aromatic hydroxyl groups is 1. The minimum atomic E-state index is -1.78. The molecule has 1 aliphatic rings. The fourth-order valence-corrected chi connectivity index (χ4v) is 9.56. The van der Waals surface area contributed by atoms with Crippen LogP contribution < -0.4 is 59.3 Å². The zero-order valence-electron chi connectivity index (χ0n) is 49.2. The summed E-state index contributed by atoms with van der Waals surface area (Å²) < 4.78 is 0. The van der Waals surface area contributed by atoms with Crippen LogP contribution in [0.2, 0.25) is 0 Å². The quantitative estimate of drug-likeness (QED) is 0.0221. The van der Waals surface area contributed by atoms with E-state index in [2.05, 4.69) is 73.1 Å². The molecule has 1 aliphatic heterocycles. The summed E-state index contributed by atoms with van der Waals surface area (Å²) in [5.74, 6) is -16.6. The molecule has 1 heterocycles. The van der Waals surface area contributed by atoms with Gasteiger partial charge in [0.25, 0.3) is 0 Å². The average Bonchev–Trinajstić information content (AvgIpc) is 2.16. The molecule has 0 bridgehead atoms. The summed E-state index contributed by atoms with van der Waals surface area (Å²) in [5.41, 5.74) is 12.0. The summed E-state index contributed by atoms with van der Waals surface area (Å²) in [7, 11) is 0. The molecular formula is C56H80N12O20S2. The van der Waals surface area contributed by atoms with Crippen LogP contribution in [-0.4, -0.2) is 216 Å². The van der Waals surface area contributed by atoms with Crippen LogP contribution >= 0.6 is 25.3 Å². The average molecular weight is 1310 g/mol. The van der Waals surface area contributed by atoms with Crippen LogP contribution in [0.5, 0.6) is 5.75 Å². The number of carbonyl (C=O) groups is 14. The lowest BCUT2D eigenvalue weighted by atomic mass is 10.0. The van der Waals surface area contributed by atoms with Crippen molar-refractivity contribution >= 4 is 108 Å². The Bertz CT molecular complexity index is 2840. The third-order valence-corrected chi connectivity index (χ3v) is 14.8. The Kier molecular flexibility index (Phi) is 32.6. The SMILES string of the molecule is C[C@H](NC(=O)[C@H](CCC(=O)O)NC(=O)[C@@H](N)CO)C(=O)N[C@@H](Cc1ccccc1)C(=O)N[C@@H](Cc1ccc(O)cc1)C(=O)N[C@@H](CCC(=O)O)C(=O)N[C@@H](CS)C(=O)N[C@@H](CS)C(=O)N[C@@H](CCCCN)C(=O)N[C@@H](CCC(=O)O)C(=O)N1CCC[C@H]1C(=O)O. The molecule has 0 radical (unpaired) electrons. The Morgan fingerprint density at radius 3 is 1.36 bits per heavy atom.